The number of nitrogens with two attached hydrogens (primary N) is 1. The zero-order chi connectivity index (χ0) is 9.14. The second kappa shape index (κ2) is 5.47. The Kier molecular flexibility index (Phi) is 5.36. The Morgan fingerprint density at radius 2 is 1.69 bits per heavy atom. The van der Waals surface area contributed by atoms with Crippen LogP contribution in [0.15, 0.2) is 0 Å². The zero-order valence-corrected chi connectivity index (χ0v) is 9.18. The van der Waals surface area contributed by atoms with E-state index in [1.54, 1.807) is 0 Å². The summed E-state index contributed by atoms with van der Waals surface area (Å²) in [6.45, 7) is 4.51. The molecule has 0 spiro atoms. The summed E-state index contributed by atoms with van der Waals surface area (Å²) < 4.78 is 0. The van der Waals surface area contributed by atoms with Gasteiger partial charge in [0.15, 0.2) is 0 Å². The number of hydrogen-bond acceptors (Lipinski definition) is 2. The third kappa shape index (κ3) is 3.54. The first-order chi connectivity index (χ1) is 5.63. The highest BCUT2D eigenvalue weighted by molar-refractivity contribution is 5.85. The minimum absolute atomic E-state index is 0. The summed E-state index contributed by atoms with van der Waals surface area (Å²) in [6, 6.07) is 1.91. The number of hydrogen-bond donors (Lipinski definition) is 1. The first-order valence-corrected chi connectivity index (χ1v) is 4.78. The van der Waals surface area contributed by atoms with Crippen LogP contribution in [0.5, 0.6) is 0 Å². The lowest BCUT2D eigenvalue weighted by atomic mass is 9.74. The van der Waals surface area contributed by atoms with Gasteiger partial charge < -0.3 is 5.73 Å². The molecule has 0 amide bonds. The molecule has 13 heavy (non-hydrogen) atoms. The van der Waals surface area contributed by atoms with Crippen LogP contribution in [0.25, 0.3) is 0 Å². The Morgan fingerprint density at radius 1 is 1.23 bits per heavy atom. The van der Waals surface area contributed by atoms with Gasteiger partial charge in [0, 0.05) is 0 Å². The molecule has 2 nitrogen and oxygen atoms in total. The van der Waals surface area contributed by atoms with Crippen molar-refractivity contribution < 1.29 is 0 Å². The molecule has 3 heteroatoms. The van der Waals surface area contributed by atoms with E-state index < -0.39 is 0 Å². The summed E-state index contributed by atoms with van der Waals surface area (Å²) in [7, 11) is 0. The van der Waals surface area contributed by atoms with Crippen molar-refractivity contribution in [1.82, 2.24) is 0 Å². The standard InChI is InChI=1S/C10H18N2.ClH/c1-7-3-8(2)5-9(4-7)10(12)6-11;/h7-10H,3-5,12H2,1-2H3;1H. The average Bonchev–Trinajstić information content (AvgIpc) is 2.01. The lowest BCUT2D eigenvalue weighted by molar-refractivity contribution is 0.208. The van der Waals surface area contributed by atoms with Gasteiger partial charge in [0.25, 0.3) is 0 Å². The van der Waals surface area contributed by atoms with Gasteiger partial charge in [-0.05, 0) is 37.0 Å². The van der Waals surface area contributed by atoms with E-state index in [0.29, 0.717) is 5.92 Å². The highest BCUT2D eigenvalue weighted by Crippen LogP contribution is 2.33. The molecule has 1 aliphatic rings. The molecule has 1 aliphatic carbocycles. The normalized spacial score (nSPS) is 35.7. The fourth-order valence-electron chi connectivity index (χ4n) is 2.41. The number of nitrogens with zero attached hydrogens (tertiary/aromatic N) is 1. The zero-order valence-electron chi connectivity index (χ0n) is 8.36. The van der Waals surface area contributed by atoms with Crippen molar-refractivity contribution in [3.05, 3.63) is 0 Å². The fraction of sp³-hybridized carbons (Fsp3) is 0.900. The van der Waals surface area contributed by atoms with Crippen molar-refractivity contribution in [2.24, 2.45) is 23.5 Å². The van der Waals surface area contributed by atoms with Gasteiger partial charge in [-0.2, -0.15) is 5.26 Å². The molecule has 0 radical (unpaired) electrons. The summed E-state index contributed by atoms with van der Waals surface area (Å²) in [4.78, 5) is 0. The third-order valence-electron chi connectivity index (χ3n) is 2.87. The second-order valence-corrected chi connectivity index (χ2v) is 4.33. The monoisotopic (exact) mass is 202 g/mol. The van der Waals surface area contributed by atoms with Gasteiger partial charge in [-0.1, -0.05) is 13.8 Å². The molecular weight excluding hydrogens is 184 g/mol. The second-order valence-electron chi connectivity index (χ2n) is 4.33. The minimum Gasteiger partial charge on any atom is -0.316 e. The lowest BCUT2D eigenvalue weighted by Gasteiger charge is -2.32. The van der Waals surface area contributed by atoms with E-state index in [1.807, 2.05) is 0 Å². The lowest BCUT2D eigenvalue weighted by Crippen LogP contribution is -2.34. The first-order valence-electron chi connectivity index (χ1n) is 4.78. The maximum Gasteiger partial charge on any atom is 0.0956 e. The van der Waals surface area contributed by atoms with E-state index in [-0.39, 0.29) is 18.4 Å². The minimum atomic E-state index is -0.241. The molecule has 0 saturated heterocycles. The summed E-state index contributed by atoms with van der Waals surface area (Å²) >= 11 is 0. The van der Waals surface area contributed by atoms with Crippen molar-refractivity contribution in [3.63, 3.8) is 0 Å². The van der Waals surface area contributed by atoms with Crippen LogP contribution in [0.2, 0.25) is 0 Å². The van der Waals surface area contributed by atoms with Gasteiger partial charge in [-0.25, -0.2) is 0 Å². The Hall–Kier alpha value is -0.260. The predicted molar refractivity (Wildman–Crippen MR) is 56.5 cm³/mol. The first kappa shape index (κ1) is 12.7. The van der Waals surface area contributed by atoms with Crippen LogP contribution in [0.3, 0.4) is 0 Å². The van der Waals surface area contributed by atoms with E-state index in [9.17, 15) is 0 Å². The molecule has 0 aromatic carbocycles. The van der Waals surface area contributed by atoms with Gasteiger partial charge >= 0.3 is 0 Å². The van der Waals surface area contributed by atoms with Crippen LogP contribution < -0.4 is 5.73 Å². The molecule has 76 valence electrons. The Morgan fingerprint density at radius 3 is 2.08 bits per heavy atom. The van der Waals surface area contributed by atoms with Gasteiger partial charge in [-0.15, -0.1) is 12.4 Å². The highest BCUT2D eigenvalue weighted by Gasteiger charge is 2.27. The van der Waals surface area contributed by atoms with E-state index >= 15 is 0 Å². The quantitative estimate of drug-likeness (QED) is 0.710. The predicted octanol–water partition coefficient (Wildman–Crippen LogP) is 2.33. The average molecular weight is 203 g/mol. The summed E-state index contributed by atoms with van der Waals surface area (Å²) in [5.41, 5.74) is 5.71. The molecule has 1 saturated carbocycles. The van der Waals surface area contributed by atoms with Crippen LogP contribution in [0.4, 0.5) is 0 Å². The Balaban J connectivity index is 0.00000144. The molecule has 3 unspecified atom stereocenters. The third-order valence-corrected chi connectivity index (χ3v) is 2.87. The fourth-order valence-corrected chi connectivity index (χ4v) is 2.41. The molecule has 1 rings (SSSR count). The van der Waals surface area contributed by atoms with E-state index in [1.165, 1.54) is 6.42 Å². The Bertz CT molecular complexity index is 178. The molecule has 0 bridgehead atoms. The maximum absolute atomic E-state index is 8.68. The molecule has 0 aromatic rings. The van der Waals surface area contributed by atoms with Crippen molar-refractivity contribution in [2.75, 3.05) is 0 Å². The van der Waals surface area contributed by atoms with Gasteiger partial charge in [0.2, 0.25) is 0 Å². The largest absolute Gasteiger partial charge is 0.316 e. The van der Waals surface area contributed by atoms with Crippen LogP contribution in [-0.4, -0.2) is 6.04 Å². The summed E-state index contributed by atoms with van der Waals surface area (Å²) in [5.74, 6) is 1.94. The summed E-state index contributed by atoms with van der Waals surface area (Å²) in [6.07, 6.45) is 3.58. The molecule has 0 heterocycles. The topological polar surface area (TPSA) is 49.8 Å². The van der Waals surface area contributed by atoms with Crippen LogP contribution in [-0.2, 0) is 0 Å². The number of rotatable bonds is 1. The molecule has 1 fully saturated rings. The number of nitriles is 1. The summed E-state index contributed by atoms with van der Waals surface area (Å²) in [5, 5.41) is 8.68. The Labute approximate surface area is 86.9 Å². The molecule has 3 atom stereocenters. The molecular formula is C10H19ClN2. The van der Waals surface area contributed by atoms with E-state index in [4.69, 9.17) is 11.0 Å². The van der Waals surface area contributed by atoms with Crippen LogP contribution in [0, 0.1) is 29.1 Å². The maximum atomic E-state index is 8.68. The van der Waals surface area contributed by atoms with Crippen molar-refractivity contribution >= 4 is 12.4 Å². The van der Waals surface area contributed by atoms with Crippen molar-refractivity contribution in [2.45, 2.75) is 39.2 Å². The van der Waals surface area contributed by atoms with Gasteiger partial charge in [0.05, 0.1) is 12.1 Å². The van der Waals surface area contributed by atoms with Crippen molar-refractivity contribution in [1.29, 1.82) is 5.26 Å². The van der Waals surface area contributed by atoms with E-state index in [2.05, 4.69) is 19.9 Å². The van der Waals surface area contributed by atoms with Crippen LogP contribution in [0.1, 0.15) is 33.1 Å². The van der Waals surface area contributed by atoms with Crippen LogP contribution >= 0.6 is 12.4 Å². The SMILES string of the molecule is CC1CC(C)CC(C(N)C#N)C1.Cl. The molecule has 0 aliphatic heterocycles. The van der Waals surface area contributed by atoms with Crippen molar-refractivity contribution in [3.8, 4) is 6.07 Å². The smallest absolute Gasteiger partial charge is 0.0956 e. The molecule has 0 aromatic heterocycles. The highest BCUT2D eigenvalue weighted by atomic mass is 35.5. The molecule has 2 N–H and O–H groups in total. The van der Waals surface area contributed by atoms with Gasteiger partial charge in [-0.3, -0.25) is 0 Å². The van der Waals surface area contributed by atoms with E-state index in [0.717, 1.165) is 24.7 Å². The number of halogens is 1. The van der Waals surface area contributed by atoms with Gasteiger partial charge in [0.1, 0.15) is 0 Å².